The van der Waals surface area contributed by atoms with Crippen LogP contribution in [0.5, 0.6) is 0 Å². The first-order valence-corrected chi connectivity index (χ1v) is 19.4. The molecule has 0 bridgehead atoms. The second-order valence-electron chi connectivity index (χ2n) is 14.6. The van der Waals surface area contributed by atoms with E-state index >= 15 is 0 Å². The maximum atomic E-state index is 9.79. The number of hydrogen-bond acceptors (Lipinski definition) is 6. The Morgan fingerprint density at radius 1 is 0.458 bits per heavy atom. The van der Waals surface area contributed by atoms with E-state index in [4.69, 9.17) is 24.4 Å². The zero-order valence-corrected chi connectivity index (χ0v) is 31.3. The lowest BCUT2D eigenvalue weighted by Crippen LogP contribution is -2.07. The molecule has 12 aromatic rings. The quantitative estimate of drug-likeness (QED) is 0.173. The number of fused-ring (bicyclic) bond motifs is 9. The molecule has 0 aliphatic heterocycles. The van der Waals surface area contributed by atoms with Gasteiger partial charge in [0.1, 0.15) is 5.52 Å². The number of benzene rings is 8. The topological polar surface area (TPSA) is 98.3 Å². The highest BCUT2D eigenvalue weighted by atomic mass is 16.3. The molecular weight excluding hydrogens is 727 g/mol. The van der Waals surface area contributed by atoms with E-state index in [0.717, 1.165) is 76.9 Å². The van der Waals surface area contributed by atoms with E-state index in [2.05, 4.69) is 112 Å². The monoisotopic (exact) mass is 755 g/mol. The van der Waals surface area contributed by atoms with Crippen LogP contribution in [0.25, 0.3) is 111 Å². The SMILES string of the molecule is N#Cc1cccc(-c2nc(-c3ccccc3)nc(-n3c4ccccc4c4ccc5c6ccccc6n(-c6ccc7oc(-c8ccc9ccccc9c8)nc7c6)c5c43)n2)c1. The molecule has 8 aromatic carbocycles. The van der Waals surface area contributed by atoms with Gasteiger partial charge in [0.15, 0.2) is 17.2 Å². The molecule has 8 heteroatoms. The van der Waals surface area contributed by atoms with Crippen molar-refractivity contribution in [1.29, 1.82) is 5.26 Å². The van der Waals surface area contributed by atoms with Crippen LogP contribution < -0.4 is 0 Å². The molecule has 0 fully saturated rings. The molecule has 8 nitrogen and oxygen atoms in total. The Balaban J connectivity index is 1.15. The minimum absolute atomic E-state index is 0.471. The summed E-state index contributed by atoms with van der Waals surface area (Å²) in [6.45, 7) is 0. The van der Waals surface area contributed by atoms with Crippen molar-refractivity contribution in [2.45, 2.75) is 0 Å². The van der Waals surface area contributed by atoms with E-state index in [1.54, 1.807) is 6.07 Å². The first-order chi connectivity index (χ1) is 29.2. The van der Waals surface area contributed by atoms with Crippen LogP contribution in [0.3, 0.4) is 0 Å². The highest BCUT2D eigenvalue weighted by Gasteiger charge is 2.24. The van der Waals surface area contributed by atoms with Crippen LogP contribution in [0.4, 0.5) is 0 Å². The van der Waals surface area contributed by atoms with Crippen molar-refractivity contribution < 1.29 is 4.42 Å². The van der Waals surface area contributed by atoms with Gasteiger partial charge in [0.25, 0.3) is 0 Å². The van der Waals surface area contributed by atoms with Crippen molar-refractivity contribution in [3.63, 3.8) is 0 Å². The Hall–Kier alpha value is -8.41. The van der Waals surface area contributed by atoms with Crippen LogP contribution in [0, 0.1) is 11.3 Å². The average Bonchev–Trinajstić information content (AvgIpc) is 3.99. The van der Waals surface area contributed by atoms with E-state index in [9.17, 15) is 5.26 Å². The summed E-state index contributed by atoms with van der Waals surface area (Å²) in [5.74, 6) is 2.06. The minimum Gasteiger partial charge on any atom is -0.436 e. The van der Waals surface area contributed by atoms with Crippen molar-refractivity contribution in [2.24, 2.45) is 0 Å². The summed E-state index contributed by atoms with van der Waals surface area (Å²) < 4.78 is 10.9. The highest BCUT2D eigenvalue weighted by molar-refractivity contribution is 6.23. The van der Waals surface area contributed by atoms with Crippen molar-refractivity contribution in [3.8, 4) is 51.9 Å². The zero-order chi connectivity index (χ0) is 39.0. The van der Waals surface area contributed by atoms with Gasteiger partial charge in [-0.25, -0.2) is 9.97 Å². The fourth-order valence-electron chi connectivity index (χ4n) is 8.52. The molecule has 0 aliphatic carbocycles. The number of rotatable bonds is 5. The number of para-hydroxylation sites is 2. The van der Waals surface area contributed by atoms with Gasteiger partial charge in [-0.2, -0.15) is 15.2 Å². The second kappa shape index (κ2) is 12.8. The largest absolute Gasteiger partial charge is 0.436 e. The van der Waals surface area contributed by atoms with Crippen LogP contribution in [0.2, 0.25) is 0 Å². The average molecular weight is 756 g/mol. The van der Waals surface area contributed by atoms with Gasteiger partial charge in [-0.15, -0.1) is 0 Å². The van der Waals surface area contributed by atoms with Crippen LogP contribution >= 0.6 is 0 Å². The van der Waals surface area contributed by atoms with Crippen molar-refractivity contribution >= 4 is 65.5 Å². The van der Waals surface area contributed by atoms with Crippen molar-refractivity contribution in [1.82, 2.24) is 29.1 Å². The second-order valence-corrected chi connectivity index (χ2v) is 14.6. The Morgan fingerprint density at radius 3 is 1.90 bits per heavy atom. The van der Waals surface area contributed by atoms with Gasteiger partial charge in [-0.05, 0) is 65.4 Å². The summed E-state index contributed by atoms with van der Waals surface area (Å²) in [4.78, 5) is 20.4. The van der Waals surface area contributed by atoms with Crippen LogP contribution in [-0.4, -0.2) is 29.1 Å². The van der Waals surface area contributed by atoms with Gasteiger partial charge in [0.05, 0.1) is 33.7 Å². The van der Waals surface area contributed by atoms with E-state index in [1.807, 2.05) is 72.8 Å². The lowest BCUT2D eigenvalue weighted by Gasteiger charge is -2.13. The molecule has 59 heavy (non-hydrogen) atoms. The molecule has 12 rings (SSSR count). The van der Waals surface area contributed by atoms with E-state index in [0.29, 0.717) is 34.6 Å². The van der Waals surface area contributed by atoms with Gasteiger partial charge < -0.3 is 8.98 Å². The predicted octanol–water partition coefficient (Wildman–Crippen LogP) is 12.2. The number of aromatic nitrogens is 6. The fraction of sp³-hybridized carbons (Fsp3) is 0. The van der Waals surface area contributed by atoms with Crippen LogP contribution in [-0.2, 0) is 0 Å². The van der Waals surface area contributed by atoms with Gasteiger partial charge in [-0.3, -0.25) is 4.57 Å². The molecular formula is C51H29N7O. The fourth-order valence-corrected chi connectivity index (χ4v) is 8.52. The molecule has 0 amide bonds. The smallest absolute Gasteiger partial charge is 0.238 e. The minimum atomic E-state index is 0.471. The summed E-state index contributed by atoms with van der Waals surface area (Å²) in [6, 6.07) is 61.8. The summed E-state index contributed by atoms with van der Waals surface area (Å²) >= 11 is 0. The molecule has 0 atom stereocenters. The van der Waals surface area contributed by atoms with E-state index in [1.165, 1.54) is 5.39 Å². The summed E-state index contributed by atoms with van der Waals surface area (Å²) in [5.41, 5.74) is 9.44. The third kappa shape index (κ3) is 5.16. The maximum Gasteiger partial charge on any atom is 0.238 e. The first-order valence-electron chi connectivity index (χ1n) is 19.4. The number of oxazole rings is 1. The normalized spacial score (nSPS) is 11.7. The van der Waals surface area contributed by atoms with Gasteiger partial charge >= 0.3 is 0 Å². The van der Waals surface area contributed by atoms with Crippen LogP contribution in [0.1, 0.15) is 5.56 Å². The number of hydrogen-bond donors (Lipinski definition) is 0. The van der Waals surface area contributed by atoms with Gasteiger partial charge in [0, 0.05) is 43.9 Å². The Bertz CT molecular complexity index is 3700. The summed E-state index contributed by atoms with van der Waals surface area (Å²) in [7, 11) is 0. The summed E-state index contributed by atoms with van der Waals surface area (Å²) in [5, 5.41) is 16.4. The molecule has 274 valence electrons. The first kappa shape index (κ1) is 32.8. The molecule has 4 aromatic heterocycles. The third-order valence-electron chi connectivity index (χ3n) is 11.2. The van der Waals surface area contributed by atoms with Crippen LogP contribution in [0.15, 0.2) is 180 Å². The Morgan fingerprint density at radius 2 is 1.12 bits per heavy atom. The predicted molar refractivity (Wildman–Crippen MR) is 235 cm³/mol. The third-order valence-corrected chi connectivity index (χ3v) is 11.2. The molecule has 0 saturated carbocycles. The standard InChI is InChI=1S/C51H29N7O/c52-30-31-11-10-16-35(27-31)49-54-48(33-13-2-1-3-14-33)55-51(56-49)58-44-20-9-7-18-39(44)41-25-24-40-38-17-6-8-19-43(38)57(46(40)47(41)58)37-23-26-45-42(29-37)53-50(59-45)36-22-21-32-12-4-5-15-34(32)28-36/h1-29H. The lowest BCUT2D eigenvalue weighted by molar-refractivity contribution is 0.620. The molecule has 0 aliphatic rings. The Labute approximate surface area is 336 Å². The molecule has 0 spiro atoms. The van der Waals surface area contributed by atoms with Gasteiger partial charge in [0.2, 0.25) is 11.8 Å². The number of nitriles is 1. The van der Waals surface area contributed by atoms with Crippen molar-refractivity contribution in [2.75, 3.05) is 0 Å². The molecule has 0 unspecified atom stereocenters. The van der Waals surface area contributed by atoms with E-state index < -0.39 is 0 Å². The van der Waals surface area contributed by atoms with E-state index in [-0.39, 0.29) is 0 Å². The summed E-state index contributed by atoms with van der Waals surface area (Å²) in [6.07, 6.45) is 0. The lowest BCUT2D eigenvalue weighted by atomic mass is 10.1. The zero-order valence-electron chi connectivity index (χ0n) is 31.3. The Kier molecular flexibility index (Phi) is 7.12. The molecule has 0 radical (unpaired) electrons. The van der Waals surface area contributed by atoms with Crippen molar-refractivity contribution in [3.05, 3.63) is 181 Å². The van der Waals surface area contributed by atoms with Gasteiger partial charge in [-0.1, -0.05) is 121 Å². The molecule has 0 N–H and O–H groups in total. The molecule has 4 heterocycles. The highest BCUT2D eigenvalue weighted by Crippen LogP contribution is 2.42. The molecule has 0 saturated heterocycles. The maximum absolute atomic E-state index is 9.79. The number of nitrogens with zero attached hydrogens (tertiary/aromatic N) is 7.